The van der Waals surface area contributed by atoms with Crippen molar-refractivity contribution >= 4 is 45.8 Å². The first-order chi connectivity index (χ1) is 7.74. The summed E-state index contributed by atoms with van der Waals surface area (Å²) in [6.45, 7) is 1.08. The number of hydrogen-bond donors (Lipinski definition) is 1. The van der Waals surface area contributed by atoms with Crippen LogP contribution in [-0.4, -0.2) is 9.55 Å². The van der Waals surface area contributed by atoms with Gasteiger partial charge in [0.15, 0.2) is 4.77 Å². The van der Waals surface area contributed by atoms with Gasteiger partial charge in [-0.05, 0) is 71.8 Å². The van der Waals surface area contributed by atoms with Gasteiger partial charge >= 0.3 is 0 Å². The molecule has 0 atom stereocenters. The van der Waals surface area contributed by atoms with Crippen molar-refractivity contribution in [2.24, 2.45) is 5.92 Å². The molecule has 0 saturated heterocycles. The van der Waals surface area contributed by atoms with Crippen molar-refractivity contribution in [2.75, 3.05) is 0 Å². The third kappa shape index (κ3) is 1.82. The van der Waals surface area contributed by atoms with Crippen LogP contribution < -0.4 is 0 Å². The van der Waals surface area contributed by atoms with E-state index in [1.54, 1.807) is 0 Å². The van der Waals surface area contributed by atoms with Gasteiger partial charge in [0.25, 0.3) is 0 Å². The van der Waals surface area contributed by atoms with Crippen LogP contribution >= 0.6 is 34.8 Å². The number of hydrogen-bond acceptors (Lipinski definition) is 1. The summed E-state index contributed by atoms with van der Waals surface area (Å²) in [6.07, 6.45) is 4.11. The van der Waals surface area contributed by atoms with Crippen LogP contribution in [0.4, 0.5) is 0 Å². The molecule has 0 bridgehead atoms. The highest BCUT2D eigenvalue weighted by Crippen LogP contribution is 2.29. The Morgan fingerprint density at radius 2 is 2.25 bits per heavy atom. The number of nitrogens with zero attached hydrogens (tertiary/aromatic N) is 1. The molecule has 84 valence electrons. The molecular weight excluding hydrogens is 331 g/mol. The molecule has 1 aliphatic rings. The van der Waals surface area contributed by atoms with E-state index in [0.29, 0.717) is 0 Å². The van der Waals surface area contributed by atoms with E-state index < -0.39 is 0 Å². The van der Waals surface area contributed by atoms with Crippen molar-refractivity contribution in [2.45, 2.75) is 25.8 Å². The van der Waals surface area contributed by atoms with E-state index in [9.17, 15) is 0 Å². The third-order valence-corrected chi connectivity index (χ3v) is 4.40. The number of rotatable bonds is 2. The fourth-order valence-corrected chi connectivity index (χ4v) is 3.02. The molecule has 0 unspecified atom stereocenters. The van der Waals surface area contributed by atoms with Crippen LogP contribution in [-0.2, 0) is 6.54 Å². The number of imidazole rings is 1. The molecule has 2 nitrogen and oxygen atoms in total. The Morgan fingerprint density at radius 3 is 2.94 bits per heavy atom. The lowest BCUT2D eigenvalue weighted by molar-refractivity contribution is 0.278. The van der Waals surface area contributed by atoms with Gasteiger partial charge in [-0.1, -0.05) is 6.42 Å². The molecule has 1 heterocycles. The molecule has 1 saturated carbocycles. The molecule has 1 fully saturated rings. The Morgan fingerprint density at radius 1 is 1.44 bits per heavy atom. The standard InChI is InChI=1S/C12H13IN2S/c13-9-4-5-11-10(6-9)14-12(16)15(11)7-8-2-1-3-8/h4-6,8H,1-3,7H2,(H,14,16). The zero-order chi connectivity index (χ0) is 11.1. The molecule has 2 aromatic rings. The molecule has 0 amide bonds. The van der Waals surface area contributed by atoms with Gasteiger partial charge in [0, 0.05) is 10.1 Å². The maximum absolute atomic E-state index is 5.39. The first-order valence-electron chi connectivity index (χ1n) is 5.62. The summed E-state index contributed by atoms with van der Waals surface area (Å²) in [6, 6.07) is 6.47. The van der Waals surface area contributed by atoms with Gasteiger partial charge in [0.05, 0.1) is 11.0 Å². The zero-order valence-corrected chi connectivity index (χ0v) is 11.8. The Hall–Kier alpha value is -0.360. The number of nitrogens with one attached hydrogen (secondary N) is 1. The smallest absolute Gasteiger partial charge is 0.178 e. The van der Waals surface area contributed by atoms with E-state index in [-0.39, 0.29) is 0 Å². The van der Waals surface area contributed by atoms with Crippen molar-refractivity contribution < 1.29 is 0 Å². The molecule has 1 aromatic heterocycles. The van der Waals surface area contributed by atoms with Crippen LogP contribution in [0.25, 0.3) is 11.0 Å². The lowest BCUT2D eigenvalue weighted by atomic mass is 9.85. The summed E-state index contributed by atoms with van der Waals surface area (Å²) in [5.41, 5.74) is 2.41. The highest BCUT2D eigenvalue weighted by atomic mass is 127. The topological polar surface area (TPSA) is 20.7 Å². The molecule has 1 N–H and O–H groups in total. The van der Waals surface area contributed by atoms with Gasteiger partial charge < -0.3 is 9.55 Å². The van der Waals surface area contributed by atoms with Crippen molar-refractivity contribution in [1.82, 2.24) is 9.55 Å². The second-order valence-electron chi connectivity index (χ2n) is 4.50. The third-order valence-electron chi connectivity index (χ3n) is 3.40. The van der Waals surface area contributed by atoms with Crippen LogP contribution in [0.15, 0.2) is 18.2 Å². The van der Waals surface area contributed by atoms with Gasteiger partial charge in [0.2, 0.25) is 0 Å². The van der Waals surface area contributed by atoms with E-state index in [1.807, 2.05) is 0 Å². The van der Waals surface area contributed by atoms with Gasteiger partial charge in [-0.15, -0.1) is 0 Å². The van der Waals surface area contributed by atoms with Gasteiger partial charge in [-0.2, -0.15) is 0 Å². The van der Waals surface area contributed by atoms with Gasteiger partial charge in [-0.25, -0.2) is 0 Å². The Balaban J connectivity index is 2.08. The number of halogens is 1. The number of H-pyrrole nitrogens is 1. The van der Waals surface area contributed by atoms with E-state index >= 15 is 0 Å². The molecule has 0 radical (unpaired) electrons. The lowest BCUT2D eigenvalue weighted by Crippen LogP contribution is -2.17. The monoisotopic (exact) mass is 344 g/mol. The van der Waals surface area contributed by atoms with E-state index in [4.69, 9.17) is 12.2 Å². The molecular formula is C12H13IN2S. The molecule has 4 heteroatoms. The Bertz CT molecular complexity index is 580. The molecule has 1 aromatic carbocycles. The fourth-order valence-electron chi connectivity index (χ4n) is 2.25. The van der Waals surface area contributed by atoms with Gasteiger partial charge in [0.1, 0.15) is 0 Å². The fraction of sp³-hybridized carbons (Fsp3) is 0.417. The quantitative estimate of drug-likeness (QED) is 0.643. The van der Waals surface area contributed by atoms with Crippen LogP contribution in [0.2, 0.25) is 0 Å². The van der Waals surface area contributed by atoms with Crippen molar-refractivity contribution in [3.8, 4) is 0 Å². The Kier molecular flexibility index (Phi) is 2.79. The SMILES string of the molecule is S=c1[nH]c2cc(I)ccc2n1CC1CCC1. The summed E-state index contributed by atoms with van der Waals surface area (Å²) in [4.78, 5) is 3.29. The summed E-state index contributed by atoms with van der Waals surface area (Å²) in [5.74, 6) is 0.838. The van der Waals surface area contributed by atoms with Crippen LogP contribution in [0.5, 0.6) is 0 Å². The second-order valence-corrected chi connectivity index (χ2v) is 6.13. The largest absolute Gasteiger partial charge is 0.331 e. The lowest BCUT2D eigenvalue weighted by Gasteiger charge is -2.25. The summed E-state index contributed by atoms with van der Waals surface area (Å²) >= 11 is 7.72. The molecule has 0 spiro atoms. The summed E-state index contributed by atoms with van der Waals surface area (Å²) < 4.78 is 4.37. The summed E-state index contributed by atoms with van der Waals surface area (Å²) in [7, 11) is 0. The maximum atomic E-state index is 5.39. The first kappa shape index (κ1) is 10.8. The number of fused-ring (bicyclic) bond motifs is 1. The van der Waals surface area contributed by atoms with Crippen molar-refractivity contribution in [3.63, 3.8) is 0 Å². The minimum atomic E-state index is 0.838. The molecule has 16 heavy (non-hydrogen) atoms. The van der Waals surface area contributed by atoms with E-state index in [0.717, 1.165) is 22.8 Å². The zero-order valence-electron chi connectivity index (χ0n) is 8.87. The van der Waals surface area contributed by atoms with Crippen molar-refractivity contribution in [1.29, 1.82) is 0 Å². The highest BCUT2D eigenvalue weighted by Gasteiger charge is 2.19. The van der Waals surface area contributed by atoms with E-state index in [2.05, 4.69) is 50.3 Å². The first-order valence-corrected chi connectivity index (χ1v) is 7.11. The number of aromatic amines is 1. The predicted molar refractivity (Wildman–Crippen MR) is 77.2 cm³/mol. The molecule has 0 aliphatic heterocycles. The molecule has 1 aliphatic carbocycles. The van der Waals surface area contributed by atoms with Crippen LogP contribution in [0, 0.1) is 14.3 Å². The Labute approximate surface area is 113 Å². The minimum absolute atomic E-state index is 0.838. The van der Waals surface area contributed by atoms with Gasteiger partial charge in [-0.3, -0.25) is 0 Å². The minimum Gasteiger partial charge on any atom is -0.331 e. The average Bonchev–Trinajstić information content (AvgIpc) is 2.47. The second kappa shape index (κ2) is 4.14. The van der Waals surface area contributed by atoms with Crippen LogP contribution in [0.1, 0.15) is 19.3 Å². The molecule has 3 rings (SSSR count). The van der Waals surface area contributed by atoms with E-state index in [1.165, 1.54) is 28.3 Å². The number of aromatic nitrogens is 2. The van der Waals surface area contributed by atoms with Crippen LogP contribution in [0.3, 0.4) is 0 Å². The highest BCUT2D eigenvalue weighted by molar-refractivity contribution is 14.1. The predicted octanol–water partition coefficient (Wildman–Crippen LogP) is 4.10. The summed E-state index contributed by atoms with van der Waals surface area (Å²) in [5, 5.41) is 0. The normalized spacial score (nSPS) is 16.6. The number of benzene rings is 1. The average molecular weight is 344 g/mol. The van der Waals surface area contributed by atoms with Crippen molar-refractivity contribution in [3.05, 3.63) is 26.5 Å². The maximum Gasteiger partial charge on any atom is 0.178 e.